The molecule has 106 valence electrons. The number of halogens is 4. The van der Waals surface area contributed by atoms with Crippen LogP contribution < -0.4 is 0 Å². The minimum Gasteiger partial charge on any atom is -0.192 e. The van der Waals surface area contributed by atoms with Crippen LogP contribution in [0.2, 0.25) is 5.02 Å². The van der Waals surface area contributed by atoms with Crippen LogP contribution in [0.15, 0.2) is 48.5 Å². The zero-order valence-corrected chi connectivity index (χ0v) is 11.4. The van der Waals surface area contributed by atoms with Gasteiger partial charge in [0, 0.05) is 5.02 Å². The number of hydrogen-bond acceptors (Lipinski definition) is 1. The molecule has 0 aliphatic heterocycles. The normalized spacial score (nSPS) is 12.0. The standard InChI is InChI=1S/C16H9ClF3N/c17-15-3-1-2-12(9-15)13(10-21)8-11-4-6-14(7-5-11)16(18,19)20/h1-9H/b13-8+. The predicted molar refractivity (Wildman–Crippen MR) is 76.4 cm³/mol. The fourth-order valence-electron chi connectivity index (χ4n) is 1.77. The molecule has 0 radical (unpaired) electrons. The molecule has 5 heteroatoms. The molecule has 0 amide bonds. The van der Waals surface area contributed by atoms with Crippen LogP contribution in [0.1, 0.15) is 16.7 Å². The molecule has 0 aliphatic carbocycles. The Morgan fingerprint density at radius 1 is 1.10 bits per heavy atom. The van der Waals surface area contributed by atoms with Gasteiger partial charge >= 0.3 is 6.18 Å². The van der Waals surface area contributed by atoms with Crippen molar-refractivity contribution in [3.63, 3.8) is 0 Å². The van der Waals surface area contributed by atoms with Crippen molar-refractivity contribution in [3.8, 4) is 6.07 Å². The Hall–Kier alpha value is -2.25. The van der Waals surface area contributed by atoms with E-state index in [2.05, 4.69) is 0 Å². The Kier molecular flexibility index (Phi) is 4.35. The van der Waals surface area contributed by atoms with Crippen molar-refractivity contribution < 1.29 is 13.2 Å². The first kappa shape index (κ1) is 15.1. The maximum Gasteiger partial charge on any atom is 0.416 e. The molecule has 0 saturated carbocycles. The molecule has 0 N–H and O–H groups in total. The topological polar surface area (TPSA) is 23.8 Å². The van der Waals surface area contributed by atoms with E-state index < -0.39 is 11.7 Å². The lowest BCUT2D eigenvalue weighted by atomic mass is 10.0. The van der Waals surface area contributed by atoms with Gasteiger partial charge in [0.15, 0.2) is 0 Å². The van der Waals surface area contributed by atoms with Crippen LogP contribution in [0.25, 0.3) is 11.6 Å². The van der Waals surface area contributed by atoms with E-state index in [1.165, 1.54) is 18.2 Å². The fourth-order valence-corrected chi connectivity index (χ4v) is 1.96. The summed E-state index contributed by atoms with van der Waals surface area (Å²) in [6.07, 6.45) is -2.85. The summed E-state index contributed by atoms with van der Waals surface area (Å²) in [6.45, 7) is 0. The third-order valence-electron chi connectivity index (χ3n) is 2.81. The smallest absolute Gasteiger partial charge is 0.192 e. The van der Waals surface area contributed by atoms with Gasteiger partial charge in [-0.3, -0.25) is 0 Å². The molecule has 0 unspecified atom stereocenters. The zero-order valence-electron chi connectivity index (χ0n) is 10.7. The fraction of sp³-hybridized carbons (Fsp3) is 0.0625. The number of benzene rings is 2. The maximum absolute atomic E-state index is 12.5. The second-order valence-electron chi connectivity index (χ2n) is 4.30. The minimum atomic E-state index is -4.37. The van der Waals surface area contributed by atoms with Crippen LogP contribution in [0.4, 0.5) is 13.2 Å². The Morgan fingerprint density at radius 2 is 1.76 bits per heavy atom. The lowest BCUT2D eigenvalue weighted by Crippen LogP contribution is -2.03. The van der Waals surface area contributed by atoms with E-state index in [9.17, 15) is 18.4 Å². The third-order valence-corrected chi connectivity index (χ3v) is 3.04. The van der Waals surface area contributed by atoms with Gasteiger partial charge < -0.3 is 0 Å². The molecule has 2 aromatic rings. The monoisotopic (exact) mass is 307 g/mol. The molecule has 0 aromatic heterocycles. The molecule has 2 rings (SSSR count). The Labute approximate surface area is 124 Å². The highest BCUT2D eigenvalue weighted by Crippen LogP contribution is 2.29. The van der Waals surface area contributed by atoms with E-state index in [4.69, 9.17) is 11.6 Å². The molecule has 21 heavy (non-hydrogen) atoms. The second kappa shape index (κ2) is 6.02. The molecule has 0 bridgehead atoms. The molecule has 0 saturated heterocycles. The summed E-state index contributed by atoms with van der Waals surface area (Å²) in [5.74, 6) is 0. The number of nitriles is 1. The van der Waals surface area contributed by atoms with Gasteiger partial charge in [-0.1, -0.05) is 35.9 Å². The lowest BCUT2D eigenvalue weighted by Gasteiger charge is -2.06. The minimum absolute atomic E-state index is 0.331. The summed E-state index contributed by atoms with van der Waals surface area (Å²) in [4.78, 5) is 0. The van der Waals surface area contributed by atoms with Gasteiger partial charge in [0.25, 0.3) is 0 Å². The van der Waals surface area contributed by atoms with Crippen molar-refractivity contribution in [3.05, 3.63) is 70.2 Å². The summed E-state index contributed by atoms with van der Waals surface area (Å²) in [6, 6.07) is 13.4. The van der Waals surface area contributed by atoms with E-state index >= 15 is 0 Å². The van der Waals surface area contributed by atoms with Crippen LogP contribution in [0, 0.1) is 11.3 Å². The van der Waals surface area contributed by atoms with Crippen LogP contribution in [0.3, 0.4) is 0 Å². The molecule has 2 aromatic carbocycles. The van der Waals surface area contributed by atoms with Gasteiger partial charge in [-0.25, -0.2) is 0 Å². The number of allylic oxidation sites excluding steroid dienone is 1. The first-order chi connectivity index (χ1) is 9.90. The van der Waals surface area contributed by atoms with Crippen LogP contribution >= 0.6 is 11.6 Å². The highest BCUT2D eigenvalue weighted by Gasteiger charge is 2.29. The number of hydrogen-bond donors (Lipinski definition) is 0. The van der Waals surface area contributed by atoms with Crippen molar-refractivity contribution in [2.24, 2.45) is 0 Å². The molecule has 1 nitrogen and oxygen atoms in total. The van der Waals surface area contributed by atoms with Gasteiger partial charge in [0.2, 0.25) is 0 Å². The highest BCUT2D eigenvalue weighted by molar-refractivity contribution is 6.30. The van der Waals surface area contributed by atoms with Gasteiger partial charge in [0.1, 0.15) is 0 Å². The molecular formula is C16H9ClF3N. The molecule has 0 fully saturated rings. The first-order valence-electron chi connectivity index (χ1n) is 5.95. The van der Waals surface area contributed by atoms with Gasteiger partial charge in [-0.05, 0) is 41.5 Å². The maximum atomic E-state index is 12.5. The quantitative estimate of drug-likeness (QED) is 0.536. The average Bonchev–Trinajstić information content (AvgIpc) is 2.44. The Morgan fingerprint density at radius 3 is 2.29 bits per heavy atom. The average molecular weight is 308 g/mol. The molecule has 0 atom stereocenters. The zero-order chi connectivity index (χ0) is 15.5. The summed E-state index contributed by atoms with van der Waals surface area (Å²) in [5, 5.41) is 9.66. The molecule has 0 heterocycles. The van der Waals surface area contributed by atoms with Crippen molar-refractivity contribution >= 4 is 23.3 Å². The second-order valence-corrected chi connectivity index (χ2v) is 4.74. The Balaban J connectivity index is 2.35. The van der Waals surface area contributed by atoms with E-state index in [1.54, 1.807) is 24.3 Å². The summed E-state index contributed by atoms with van der Waals surface area (Å²) in [7, 11) is 0. The SMILES string of the molecule is N#C/C(=C\c1ccc(C(F)(F)F)cc1)c1cccc(Cl)c1. The number of alkyl halides is 3. The predicted octanol–water partition coefficient (Wildman–Crippen LogP) is 5.42. The summed E-state index contributed by atoms with van der Waals surface area (Å²) >= 11 is 5.86. The van der Waals surface area contributed by atoms with Crippen LogP contribution in [-0.4, -0.2) is 0 Å². The van der Waals surface area contributed by atoms with E-state index in [0.29, 0.717) is 21.7 Å². The van der Waals surface area contributed by atoms with Gasteiger partial charge in [-0.2, -0.15) is 18.4 Å². The van der Waals surface area contributed by atoms with E-state index in [0.717, 1.165) is 12.1 Å². The van der Waals surface area contributed by atoms with Crippen molar-refractivity contribution in [2.75, 3.05) is 0 Å². The van der Waals surface area contributed by atoms with Crippen LogP contribution in [-0.2, 0) is 6.18 Å². The van der Waals surface area contributed by atoms with E-state index in [-0.39, 0.29) is 0 Å². The lowest BCUT2D eigenvalue weighted by molar-refractivity contribution is -0.137. The van der Waals surface area contributed by atoms with Crippen molar-refractivity contribution in [1.82, 2.24) is 0 Å². The van der Waals surface area contributed by atoms with Crippen LogP contribution in [0.5, 0.6) is 0 Å². The highest BCUT2D eigenvalue weighted by atomic mass is 35.5. The first-order valence-corrected chi connectivity index (χ1v) is 6.33. The third kappa shape index (κ3) is 3.87. The number of rotatable bonds is 2. The molecule has 0 spiro atoms. The molecular weight excluding hydrogens is 299 g/mol. The van der Waals surface area contributed by atoms with Crippen molar-refractivity contribution in [2.45, 2.75) is 6.18 Å². The van der Waals surface area contributed by atoms with E-state index in [1.807, 2.05) is 6.07 Å². The Bertz CT molecular complexity index is 710. The number of nitrogens with zero attached hydrogens (tertiary/aromatic N) is 1. The molecule has 0 aliphatic rings. The summed E-state index contributed by atoms with van der Waals surface area (Å²) in [5.41, 5.74) is 0.739. The largest absolute Gasteiger partial charge is 0.416 e. The van der Waals surface area contributed by atoms with Gasteiger partial charge in [0.05, 0.1) is 17.2 Å². The van der Waals surface area contributed by atoms with Gasteiger partial charge in [-0.15, -0.1) is 0 Å². The van der Waals surface area contributed by atoms with Crippen molar-refractivity contribution in [1.29, 1.82) is 5.26 Å². The summed E-state index contributed by atoms with van der Waals surface area (Å²) < 4.78 is 37.4.